The van der Waals surface area contributed by atoms with E-state index in [1.54, 1.807) is 24.3 Å². The molecule has 2 rings (SSSR count). The minimum atomic E-state index is -4.33. The summed E-state index contributed by atoms with van der Waals surface area (Å²) < 4.78 is 41.6. The number of nitrogens with one attached hydrogen (secondary N) is 2. The Labute approximate surface area is 139 Å². The van der Waals surface area contributed by atoms with Crippen LogP contribution in [-0.2, 0) is 10.1 Å². The number of ether oxygens (including phenoxy) is 2. The molecule has 0 bridgehead atoms. The molecule has 0 unspecified atom stereocenters. The lowest BCUT2D eigenvalue weighted by molar-refractivity contribution is 0.231. The van der Waals surface area contributed by atoms with Crippen LogP contribution in [0.3, 0.4) is 0 Å². The van der Waals surface area contributed by atoms with Crippen LogP contribution in [0.25, 0.3) is 0 Å². The SMILES string of the molecule is COc1ccccc1OCNC(=O)Nc1cccc(S(=O)(=O)O)c1. The average Bonchev–Trinajstić information content (AvgIpc) is 2.55. The molecule has 2 amide bonds. The molecule has 0 saturated heterocycles. The highest BCUT2D eigenvalue weighted by Gasteiger charge is 2.11. The van der Waals surface area contributed by atoms with E-state index in [1.165, 1.54) is 25.3 Å². The second kappa shape index (κ2) is 7.66. The molecule has 3 N–H and O–H groups in total. The fourth-order valence-electron chi connectivity index (χ4n) is 1.83. The van der Waals surface area contributed by atoms with E-state index in [9.17, 15) is 13.2 Å². The van der Waals surface area contributed by atoms with Crippen LogP contribution in [0.1, 0.15) is 0 Å². The van der Waals surface area contributed by atoms with Crippen LogP contribution >= 0.6 is 0 Å². The molecule has 0 aromatic heterocycles. The molecule has 2 aromatic carbocycles. The van der Waals surface area contributed by atoms with Crippen LogP contribution in [0.15, 0.2) is 53.4 Å². The maximum atomic E-state index is 11.8. The van der Waals surface area contributed by atoms with Gasteiger partial charge in [-0.25, -0.2) is 4.79 Å². The summed E-state index contributed by atoms with van der Waals surface area (Å²) in [7, 11) is -2.83. The molecular weight excluding hydrogens is 336 g/mol. The number of rotatable bonds is 6. The second-order valence-electron chi connectivity index (χ2n) is 4.57. The summed E-state index contributed by atoms with van der Waals surface area (Å²) in [4.78, 5) is 11.5. The van der Waals surface area contributed by atoms with Crippen molar-refractivity contribution < 1.29 is 27.2 Å². The zero-order chi connectivity index (χ0) is 17.6. The van der Waals surface area contributed by atoms with Gasteiger partial charge in [-0.15, -0.1) is 0 Å². The van der Waals surface area contributed by atoms with Gasteiger partial charge in [0, 0.05) is 5.69 Å². The number of hydrogen-bond acceptors (Lipinski definition) is 5. The van der Waals surface area contributed by atoms with Gasteiger partial charge < -0.3 is 20.1 Å². The Morgan fingerprint density at radius 2 is 1.83 bits per heavy atom. The number of benzene rings is 2. The highest BCUT2D eigenvalue weighted by Crippen LogP contribution is 2.25. The summed E-state index contributed by atoms with van der Waals surface area (Å²) in [5.41, 5.74) is 0.208. The second-order valence-corrected chi connectivity index (χ2v) is 5.99. The molecule has 0 radical (unpaired) electrons. The van der Waals surface area contributed by atoms with Crippen LogP contribution in [-0.4, -0.2) is 32.8 Å². The van der Waals surface area contributed by atoms with Gasteiger partial charge in [-0.2, -0.15) is 8.42 Å². The normalized spacial score (nSPS) is 10.8. The molecular formula is C15H16N2O6S. The molecule has 128 valence electrons. The zero-order valence-corrected chi connectivity index (χ0v) is 13.5. The number of para-hydroxylation sites is 2. The highest BCUT2D eigenvalue weighted by molar-refractivity contribution is 7.85. The van der Waals surface area contributed by atoms with Crippen molar-refractivity contribution in [3.05, 3.63) is 48.5 Å². The summed E-state index contributed by atoms with van der Waals surface area (Å²) >= 11 is 0. The van der Waals surface area contributed by atoms with Crippen LogP contribution in [0.5, 0.6) is 11.5 Å². The fourth-order valence-corrected chi connectivity index (χ4v) is 2.35. The fraction of sp³-hybridized carbons (Fsp3) is 0.133. The molecule has 0 spiro atoms. The molecule has 0 atom stereocenters. The van der Waals surface area contributed by atoms with E-state index < -0.39 is 16.1 Å². The van der Waals surface area contributed by atoms with Crippen molar-refractivity contribution in [2.75, 3.05) is 19.2 Å². The van der Waals surface area contributed by atoms with Crippen molar-refractivity contribution >= 4 is 21.8 Å². The Hall–Kier alpha value is -2.78. The quantitative estimate of drug-likeness (QED) is 0.542. The first-order valence-corrected chi connectivity index (χ1v) is 8.22. The Balaban J connectivity index is 1.90. The molecule has 0 aliphatic heterocycles. The number of methoxy groups -OCH3 is 1. The van der Waals surface area contributed by atoms with E-state index in [0.717, 1.165) is 6.07 Å². The maximum absolute atomic E-state index is 11.8. The van der Waals surface area contributed by atoms with E-state index in [-0.39, 0.29) is 17.3 Å². The molecule has 24 heavy (non-hydrogen) atoms. The third-order valence-corrected chi connectivity index (χ3v) is 3.77. The molecule has 9 heteroatoms. The minimum Gasteiger partial charge on any atom is -0.493 e. The van der Waals surface area contributed by atoms with Crippen molar-refractivity contribution in [3.8, 4) is 11.5 Å². The minimum absolute atomic E-state index is 0.121. The van der Waals surface area contributed by atoms with Gasteiger partial charge >= 0.3 is 6.03 Å². The van der Waals surface area contributed by atoms with Crippen molar-refractivity contribution in [1.29, 1.82) is 0 Å². The largest absolute Gasteiger partial charge is 0.493 e. The number of hydrogen-bond donors (Lipinski definition) is 3. The summed E-state index contributed by atoms with van der Waals surface area (Å²) in [6.45, 7) is -0.121. The van der Waals surface area contributed by atoms with Crippen molar-refractivity contribution in [2.45, 2.75) is 4.90 Å². The van der Waals surface area contributed by atoms with E-state index in [1.807, 2.05) is 0 Å². The smallest absolute Gasteiger partial charge is 0.321 e. The van der Waals surface area contributed by atoms with Crippen LogP contribution in [0.2, 0.25) is 0 Å². The van der Waals surface area contributed by atoms with E-state index in [2.05, 4.69) is 10.6 Å². The predicted octanol–water partition coefficient (Wildman–Crippen LogP) is 2.10. The van der Waals surface area contributed by atoms with Gasteiger partial charge in [0.15, 0.2) is 18.2 Å². The van der Waals surface area contributed by atoms with E-state index >= 15 is 0 Å². The topological polar surface area (TPSA) is 114 Å². The Bertz CT molecular complexity index is 822. The lowest BCUT2D eigenvalue weighted by Gasteiger charge is -2.12. The number of amides is 2. The van der Waals surface area contributed by atoms with E-state index in [4.69, 9.17) is 14.0 Å². The maximum Gasteiger partial charge on any atom is 0.321 e. The lowest BCUT2D eigenvalue weighted by atomic mass is 10.3. The van der Waals surface area contributed by atoms with Gasteiger partial charge in [-0.3, -0.25) is 4.55 Å². The van der Waals surface area contributed by atoms with Crippen LogP contribution in [0.4, 0.5) is 10.5 Å². The average molecular weight is 352 g/mol. The number of carbonyl (C=O) groups is 1. The van der Waals surface area contributed by atoms with Crippen molar-refractivity contribution in [3.63, 3.8) is 0 Å². The first-order chi connectivity index (χ1) is 11.4. The van der Waals surface area contributed by atoms with Crippen LogP contribution < -0.4 is 20.1 Å². The van der Waals surface area contributed by atoms with Crippen molar-refractivity contribution in [1.82, 2.24) is 5.32 Å². The molecule has 8 nitrogen and oxygen atoms in total. The number of carbonyl (C=O) groups excluding carboxylic acids is 1. The zero-order valence-electron chi connectivity index (χ0n) is 12.7. The summed E-state index contributed by atoms with van der Waals surface area (Å²) in [5, 5.41) is 4.88. The molecule has 0 aliphatic carbocycles. The Kier molecular flexibility index (Phi) is 5.61. The third kappa shape index (κ3) is 4.86. The van der Waals surface area contributed by atoms with Gasteiger partial charge in [-0.1, -0.05) is 18.2 Å². The first kappa shape index (κ1) is 17.6. The Morgan fingerprint density at radius 3 is 2.50 bits per heavy atom. The lowest BCUT2D eigenvalue weighted by Crippen LogP contribution is -2.32. The molecule has 0 saturated carbocycles. The van der Waals surface area contributed by atoms with Gasteiger partial charge in [0.2, 0.25) is 0 Å². The summed E-state index contributed by atoms with van der Waals surface area (Å²) in [5.74, 6) is 0.995. The van der Waals surface area contributed by atoms with E-state index in [0.29, 0.717) is 11.5 Å². The monoisotopic (exact) mass is 352 g/mol. The van der Waals surface area contributed by atoms with Crippen molar-refractivity contribution in [2.24, 2.45) is 0 Å². The molecule has 0 aliphatic rings. The van der Waals surface area contributed by atoms with Gasteiger partial charge in [0.1, 0.15) is 0 Å². The number of urea groups is 1. The van der Waals surface area contributed by atoms with Gasteiger partial charge in [-0.05, 0) is 30.3 Å². The van der Waals surface area contributed by atoms with Gasteiger partial charge in [0.05, 0.1) is 12.0 Å². The number of anilines is 1. The molecule has 0 fully saturated rings. The standard InChI is InChI=1S/C15H16N2O6S/c1-22-13-7-2-3-8-14(13)23-10-16-15(18)17-11-5-4-6-12(9-11)24(19,20)21/h2-9H,10H2,1H3,(H2,16,17,18)(H,19,20,21). The van der Waals surface area contributed by atoms with Gasteiger partial charge in [0.25, 0.3) is 10.1 Å². The summed E-state index contributed by atoms with van der Waals surface area (Å²) in [6, 6.07) is 11.6. The highest BCUT2D eigenvalue weighted by atomic mass is 32.2. The van der Waals surface area contributed by atoms with Crippen LogP contribution in [0, 0.1) is 0 Å². The summed E-state index contributed by atoms with van der Waals surface area (Å²) in [6.07, 6.45) is 0. The first-order valence-electron chi connectivity index (χ1n) is 6.78. The molecule has 0 heterocycles. The molecule has 2 aromatic rings. The predicted molar refractivity (Wildman–Crippen MR) is 86.9 cm³/mol. The third-order valence-electron chi connectivity index (χ3n) is 2.92. The Morgan fingerprint density at radius 1 is 1.12 bits per heavy atom.